The monoisotopic (exact) mass is 254 g/mol. The molecule has 18 heavy (non-hydrogen) atoms. The highest BCUT2D eigenvalue weighted by Crippen LogP contribution is 2.18. The average molecular weight is 254 g/mol. The Labute approximate surface area is 110 Å². The van der Waals surface area contributed by atoms with Gasteiger partial charge in [-0.15, -0.1) is 0 Å². The topological polar surface area (TPSA) is 46.5 Å². The Bertz CT molecular complexity index is 281. The van der Waals surface area contributed by atoms with E-state index in [1.807, 2.05) is 6.92 Å². The van der Waals surface area contributed by atoms with Gasteiger partial charge in [-0.05, 0) is 39.2 Å². The van der Waals surface area contributed by atoms with Crippen LogP contribution < -0.4 is 0 Å². The summed E-state index contributed by atoms with van der Waals surface area (Å²) >= 11 is 0. The van der Waals surface area contributed by atoms with Crippen molar-refractivity contribution < 1.29 is 14.6 Å². The first-order valence-corrected chi connectivity index (χ1v) is 7.12. The summed E-state index contributed by atoms with van der Waals surface area (Å²) in [6, 6.07) is 0. The molecule has 0 amide bonds. The number of aliphatic hydroxyl groups is 1. The van der Waals surface area contributed by atoms with Crippen LogP contribution in [0.4, 0.5) is 0 Å². The van der Waals surface area contributed by atoms with Crippen LogP contribution in [-0.2, 0) is 9.53 Å². The molecular weight excluding hydrogens is 228 g/mol. The first kappa shape index (κ1) is 15.2. The van der Waals surface area contributed by atoms with Gasteiger partial charge in [0.05, 0.1) is 11.7 Å². The normalized spacial score (nSPS) is 34.4. The second-order valence-corrected chi connectivity index (χ2v) is 5.60. The van der Waals surface area contributed by atoms with Crippen LogP contribution in [-0.4, -0.2) is 22.8 Å². The third kappa shape index (κ3) is 6.80. The van der Waals surface area contributed by atoms with E-state index in [1.165, 1.54) is 25.3 Å². The van der Waals surface area contributed by atoms with Gasteiger partial charge in [-0.3, -0.25) is 0 Å². The molecule has 1 rings (SSSR count). The van der Waals surface area contributed by atoms with Gasteiger partial charge in [-0.1, -0.05) is 32.1 Å². The van der Waals surface area contributed by atoms with E-state index in [9.17, 15) is 9.90 Å². The molecule has 0 fully saturated rings. The van der Waals surface area contributed by atoms with Crippen molar-refractivity contribution in [3.63, 3.8) is 0 Å². The van der Waals surface area contributed by atoms with Crippen LogP contribution in [0, 0.1) is 0 Å². The van der Waals surface area contributed by atoms with E-state index >= 15 is 0 Å². The third-order valence-electron chi connectivity index (χ3n) is 3.44. The van der Waals surface area contributed by atoms with E-state index in [-0.39, 0.29) is 12.1 Å². The van der Waals surface area contributed by atoms with Crippen LogP contribution in [0.25, 0.3) is 0 Å². The van der Waals surface area contributed by atoms with Crippen molar-refractivity contribution >= 4 is 5.97 Å². The fraction of sp³-hybridized carbons (Fsp3) is 0.800. The highest BCUT2D eigenvalue weighted by atomic mass is 16.5. The van der Waals surface area contributed by atoms with Crippen molar-refractivity contribution in [2.45, 2.75) is 76.9 Å². The summed E-state index contributed by atoms with van der Waals surface area (Å²) in [4.78, 5) is 11.5. The molecule has 3 nitrogen and oxygen atoms in total. The zero-order valence-electron chi connectivity index (χ0n) is 11.7. The number of esters is 1. The fourth-order valence-electron chi connectivity index (χ4n) is 2.25. The Hall–Kier alpha value is -0.830. The lowest BCUT2D eigenvalue weighted by atomic mass is 9.96. The Kier molecular flexibility index (Phi) is 6.41. The number of rotatable bonds is 0. The highest BCUT2D eigenvalue weighted by molar-refractivity contribution is 5.82. The molecule has 0 aliphatic carbocycles. The summed E-state index contributed by atoms with van der Waals surface area (Å²) in [6.07, 6.45) is 11.5. The Balaban J connectivity index is 2.56. The van der Waals surface area contributed by atoms with Crippen LogP contribution in [0.2, 0.25) is 0 Å². The lowest BCUT2D eigenvalue weighted by molar-refractivity contribution is -0.142. The largest absolute Gasteiger partial charge is 0.460 e. The molecule has 0 saturated heterocycles. The minimum absolute atomic E-state index is 0.0324. The van der Waals surface area contributed by atoms with Gasteiger partial charge in [0.15, 0.2) is 0 Å². The van der Waals surface area contributed by atoms with Crippen molar-refractivity contribution in [3.05, 3.63) is 12.2 Å². The Morgan fingerprint density at radius 1 is 1.22 bits per heavy atom. The predicted molar refractivity (Wildman–Crippen MR) is 72.3 cm³/mol. The van der Waals surface area contributed by atoms with Gasteiger partial charge in [0.25, 0.3) is 0 Å². The molecule has 0 spiro atoms. The molecule has 1 aliphatic heterocycles. The maximum atomic E-state index is 11.5. The molecule has 1 aliphatic rings. The number of hydrogen-bond acceptors (Lipinski definition) is 3. The average Bonchev–Trinajstić information content (AvgIpc) is 2.29. The maximum absolute atomic E-state index is 11.5. The summed E-state index contributed by atoms with van der Waals surface area (Å²) in [5.41, 5.74) is -0.896. The molecule has 0 radical (unpaired) electrons. The Morgan fingerprint density at radius 3 is 2.56 bits per heavy atom. The van der Waals surface area contributed by atoms with Crippen LogP contribution in [0.5, 0.6) is 0 Å². The van der Waals surface area contributed by atoms with Crippen LogP contribution in [0.15, 0.2) is 12.2 Å². The quantitative estimate of drug-likeness (QED) is 0.674. The first-order valence-electron chi connectivity index (χ1n) is 7.12. The summed E-state index contributed by atoms with van der Waals surface area (Å²) in [7, 11) is 0. The summed E-state index contributed by atoms with van der Waals surface area (Å²) in [6.45, 7) is 3.67. The molecule has 1 unspecified atom stereocenters. The number of ether oxygens (including phenoxy) is 1. The van der Waals surface area contributed by atoms with Gasteiger partial charge in [0.2, 0.25) is 0 Å². The van der Waals surface area contributed by atoms with E-state index < -0.39 is 5.60 Å². The molecule has 0 bridgehead atoms. The number of cyclic esters (lactones) is 1. The second kappa shape index (κ2) is 7.57. The van der Waals surface area contributed by atoms with Gasteiger partial charge in [0, 0.05) is 6.08 Å². The minimum Gasteiger partial charge on any atom is -0.460 e. The molecule has 0 aromatic carbocycles. The van der Waals surface area contributed by atoms with Crippen LogP contribution in [0.3, 0.4) is 0 Å². The van der Waals surface area contributed by atoms with E-state index in [0.29, 0.717) is 6.42 Å². The summed E-state index contributed by atoms with van der Waals surface area (Å²) in [5, 5.41) is 10.1. The first-order chi connectivity index (χ1) is 8.49. The molecule has 3 heteroatoms. The second-order valence-electron chi connectivity index (χ2n) is 5.60. The molecule has 0 saturated carbocycles. The van der Waals surface area contributed by atoms with Crippen molar-refractivity contribution in [2.24, 2.45) is 0 Å². The van der Waals surface area contributed by atoms with Gasteiger partial charge >= 0.3 is 5.97 Å². The standard InChI is InChI=1S/C15H26O3/c1-13-9-7-5-3-4-6-8-11-15(2,17)12-10-14(16)18-13/h10,12-13,17H,3-9,11H2,1-2H3/b12-10+/t13?,15-/m1/s1. The van der Waals surface area contributed by atoms with Crippen molar-refractivity contribution in [1.29, 1.82) is 0 Å². The molecule has 104 valence electrons. The van der Waals surface area contributed by atoms with Gasteiger partial charge in [0.1, 0.15) is 0 Å². The van der Waals surface area contributed by atoms with E-state index in [1.54, 1.807) is 13.0 Å². The smallest absolute Gasteiger partial charge is 0.330 e. The molecule has 1 N–H and O–H groups in total. The van der Waals surface area contributed by atoms with Crippen LogP contribution >= 0.6 is 0 Å². The lowest BCUT2D eigenvalue weighted by Crippen LogP contribution is -2.22. The lowest BCUT2D eigenvalue weighted by Gasteiger charge is -2.19. The minimum atomic E-state index is -0.896. The zero-order chi connectivity index (χ0) is 13.4. The highest BCUT2D eigenvalue weighted by Gasteiger charge is 2.17. The SMILES string of the molecule is CC1CCCCCCCC[C@@](C)(O)/C=C/C(=O)O1. The fourth-order valence-corrected chi connectivity index (χ4v) is 2.25. The van der Waals surface area contributed by atoms with Crippen molar-refractivity contribution in [3.8, 4) is 0 Å². The van der Waals surface area contributed by atoms with Crippen molar-refractivity contribution in [1.82, 2.24) is 0 Å². The number of hydrogen-bond donors (Lipinski definition) is 1. The van der Waals surface area contributed by atoms with E-state index in [0.717, 1.165) is 25.7 Å². The number of carbonyl (C=O) groups excluding carboxylic acids is 1. The molecule has 1 heterocycles. The maximum Gasteiger partial charge on any atom is 0.330 e. The van der Waals surface area contributed by atoms with Gasteiger partial charge in [-0.25, -0.2) is 4.79 Å². The third-order valence-corrected chi connectivity index (χ3v) is 3.44. The van der Waals surface area contributed by atoms with Crippen LogP contribution in [0.1, 0.15) is 65.2 Å². The number of carbonyl (C=O) groups is 1. The molecule has 0 aromatic rings. The molecule has 2 atom stereocenters. The van der Waals surface area contributed by atoms with Crippen molar-refractivity contribution in [2.75, 3.05) is 0 Å². The van der Waals surface area contributed by atoms with E-state index in [2.05, 4.69) is 0 Å². The predicted octanol–water partition coefficient (Wildman–Crippen LogP) is 3.36. The molecule has 0 aromatic heterocycles. The summed E-state index contributed by atoms with van der Waals surface area (Å²) < 4.78 is 5.25. The summed E-state index contributed by atoms with van der Waals surface area (Å²) in [5.74, 6) is -0.347. The molecular formula is C15H26O3. The zero-order valence-corrected chi connectivity index (χ0v) is 11.7. The van der Waals surface area contributed by atoms with Gasteiger partial charge < -0.3 is 9.84 Å². The van der Waals surface area contributed by atoms with Gasteiger partial charge in [-0.2, -0.15) is 0 Å². The Morgan fingerprint density at radius 2 is 1.83 bits per heavy atom. The van der Waals surface area contributed by atoms with E-state index in [4.69, 9.17) is 4.74 Å².